The summed E-state index contributed by atoms with van der Waals surface area (Å²) in [5.41, 5.74) is 4.64. The maximum Gasteiger partial charge on any atom is 0.192 e. The van der Waals surface area contributed by atoms with Gasteiger partial charge in [-0.2, -0.15) is 0 Å². The fourth-order valence-electron chi connectivity index (χ4n) is 7.62. The fraction of sp³-hybridized carbons (Fsp3) is 0.800. The topological polar surface area (TPSA) is 18.5 Å². The minimum absolute atomic E-state index is 0.0393. The Labute approximate surface area is 276 Å². The molecule has 0 N–H and O–H groups in total. The Kier molecular flexibility index (Phi) is 11.9. The largest absolute Gasteiger partial charge is 0.413 e. The van der Waals surface area contributed by atoms with Crippen molar-refractivity contribution in [3.63, 3.8) is 0 Å². The Bertz CT molecular complexity index is 1100. The Hall–Kier alpha value is -0.686. The van der Waals surface area contributed by atoms with E-state index >= 15 is 0 Å². The van der Waals surface area contributed by atoms with Crippen LogP contribution in [0.15, 0.2) is 47.6 Å². The van der Waals surface area contributed by atoms with Gasteiger partial charge in [-0.05, 0) is 121 Å². The average molecular weight is 641 g/mol. The van der Waals surface area contributed by atoms with E-state index in [1.54, 1.807) is 5.57 Å². The SMILES string of the molecule is C=C1/C(=C/C=C2/CCC[C@@]3(C)[C@@H]2CC[C@@H]3[C@H](C)/C=C/[C@H](C)C(C)C)C[C@@H](O[Si](C)(C)C(C)(C)C)C[C@@H]1O[Si](C)(C)C(C)(C)C. The molecule has 0 aromatic heterocycles. The van der Waals surface area contributed by atoms with E-state index in [0.717, 1.165) is 18.8 Å². The van der Waals surface area contributed by atoms with E-state index in [2.05, 4.69) is 127 Å². The Morgan fingerprint density at radius 3 is 2.02 bits per heavy atom. The average Bonchev–Trinajstić information content (AvgIpc) is 3.23. The predicted octanol–water partition coefficient (Wildman–Crippen LogP) is 12.7. The molecule has 3 aliphatic carbocycles. The molecule has 7 atom stereocenters. The van der Waals surface area contributed by atoms with E-state index in [0.29, 0.717) is 29.1 Å². The number of hydrogen-bond donors (Lipinski definition) is 0. The first-order chi connectivity index (χ1) is 20.0. The van der Waals surface area contributed by atoms with Crippen molar-refractivity contribution in [3.05, 3.63) is 47.6 Å². The molecule has 0 aliphatic heterocycles. The van der Waals surface area contributed by atoms with E-state index in [9.17, 15) is 0 Å². The molecule has 0 aromatic carbocycles. The van der Waals surface area contributed by atoms with Crippen LogP contribution < -0.4 is 0 Å². The van der Waals surface area contributed by atoms with Crippen molar-refractivity contribution in [1.29, 1.82) is 0 Å². The van der Waals surface area contributed by atoms with E-state index in [1.165, 1.54) is 43.3 Å². The molecule has 4 heteroatoms. The molecular weight excluding hydrogens is 569 g/mol. The van der Waals surface area contributed by atoms with E-state index in [4.69, 9.17) is 15.4 Å². The highest BCUT2D eigenvalue weighted by Crippen LogP contribution is 2.59. The molecule has 0 bridgehead atoms. The van der Waals surface area contributed by atoms with E-state index < -0.39 is 16.6 Å². The number of hydrogen-bond acceptors (Lipinski definition) is 2. The zero-order valence-electron chi connectivity index (χ0n) is 31.8. The highest BCUT2D eigenvalue weighted by Gasteiger charge is 2.50. The van der Waals surface area contributed by atoms with Gasteiger partial charge in [-0.3, -0.25) is 0 Å². The van der Waals surface area contributed by atoms with Crippen LogP contribution in [0.4, 0.5) is 0 Å². The second-order valence-corrected chi connectivity index (χ2v) is 28.2. The van der Waals surface area contributed by atoms with Crippen LogP contribution in [0.3, 0.4) is 0 Å². The van der Waals surface area contributed by atoms with Crippen LogP contribution >= 0.6 is 0 Å². The number of allylic oxidation sites excluding steroid dienone is 5. The third-order valence-electron chi connectivity index (χ3n) is 13.2. The van der Waals surface area contributed by atoms with Crippen molar-refractivity contribution in [2.24, 2.45) is 35.0 Å². The highest BCUT2D eigenvalue weighted by molar-refractivity contribution is 6.74. The molecule has 3 fully saturated rings. The molecule has 3 saturated carbocycles. The third-order valence-corrected chi connectivity index (χ3v) is 22.2. The van der Waals surface area contributed by atoms with Crippen LogP contribution in [-0.2, 0) is 8.85 Å². The molecule has 3 rings (SSSR count). The lowest BCUT2D eigenvalue weighted by molar-refractivity contribution is 0.0969. The minimum atomic E-state index is -1.96. The molecule has 0 spiro atoms. The molecule has 252 valence electrons. The summed E-state index contributed by atoms with van der Waals surface area (Å²) in [4.78, 5) is 0. The Morgan fingerprint density at radius 1 is 0.864 bits per heavy atom. The number of fused-ring (bicyclic) bond motifs is 1. The van der Waals surface area contributed by atoms with Crippen LogP contribution in [0.25, 0.3) is 0 Å². The van der Waals surface area contributed by atoms with Gasteiger partial charge in [0.15, 0.2) is 16.6 Å². The van der Waals surface area contributed by atoms with Crippen molar-refractivity contribution in [1.82, 2.24) is 0 Å². The van der Waals surface area contributed by atoms with Crippen molar-refractivity contribution in [2.45, 2.75) is 170 Å². The first kappa shape index (κ1) is 37.8. The van der Waals surface area contributed by atoms with Crippen LogP contribution in [0.5, 0.6) is 0 Å². The van der Waals surface area contributed by atoms with Gasteiger partial charge in [0.2, 0.25) is 0 Å². The summed E-state index contributed by atoms with van der Waals surface area (Å²) in [6.07, 6.45) is 18.8. The van der Waals surface area contributed by atoms with Crippen LogP contribution in [0, 0.1) is 35.0 Å². The second kappa shape index (κ2) is 13.8. The van der Waals surface area contributed by atoms with E-state index in [-0.39, 0.29) is 22.3 Å². The summed E-state index contributed by atoms with van der Waals surface area (Å²) in [5, 5.41) is 0.352. The Balaban J connectivity index is 1.90. The van der Waals surface area contributed by atoms with Gasteiger partial charge in [0.05, 0.1) is 12.2 Å². The summed E-state index contributed by atoms with van der Waals surface area (Å²) in [6.45, 7) is 40.5. The smallest absolute Gasteiger partial charge is 0.192 e. The molecule has 0 aromatic rings. The first-order valence-corrected chi connectivity index (χ1v) is 23.9. The molecule has 0 radical (unpaired) electrons. The van der Waals surface area contributed by atoms with Crippen molar-refractivity contribution in [3.8, 4) is 0 Å². The van der Waals surface area contributed by atoms with Gasteiger partial charge in [0, 0.05) is 6.42 Å². The second-order valence-electron chi connectivity index (χ2n) is 18.7. The minimum Gasteiger partial charge on any atom is -0.413 e. The normalized spacial score (nSPS) is 32.6. The molecule has 2 nitrogen and oxygen atoms in total. The Morgan fingerprint density at radius 2 is 1.45 bits per heavy atom. The fourth-order valence-corrected chi connectivity index (χ4v) is 10.3. The van der Waals surface area contributed by atoms with Crippen LogP contribution in [-0.4, -0.2) is 28.8 Å². The molecular formula is C40H72O2Si2. The summed E-state index contributed by atoms with van der Waals surface area (Å²) < 4.78 is 14.2. The first-order valence-electron chi connectivity index (χ1n) is 18.1. The summed E-state index contributed by atoms with van der Waals surface area (Å²) in [7, 11) is -3.88. The highest BCUT2D eigenvalue weighted by atomic mass is 28.4. The van der Waals surface area contributed by atoms with Crippen LogP contribution in [0.1, 0.15) is 121 Å². The van der Waals surface area contributed by atoms with Crippen LogP contribution in [0.2, 0.25) is 36.3 Å². The monoisotopic (exact) mass is 641 g/mol. The molecule has 0 saturated heterocycles. The molecule has 0 amide bonds. The van der Waals surface area contributed by atoms with Crippen molar-refractivity contribution >= 4 is 16.6 Å². The maximum absolute atomic E-state index is 7.09. The molecule has 0 unspecified atom stereocenters. The van der Waals surface area contributed by atoms with Gasteiger partial charge in [-0.15, -0.1) is 0 Å². The van der Waals surface area contributed by atoms with Gasteiger partial charge in [-0.25, -0.2) is 0 Å². The quantitative estimate of drug-likeness (QED) is 0.184. The van der Waals surface area contributed by atoms with Gasteiger partial charge in [-0.1, -0.05) is 113 Å². The van der Waals surface area contributed by atoms with Gasteiger partial charge >= 0.3 is 0 Å². The zero-order chi connectivity index (χ0) is 33.5. The number of rotatable bonds is 9. The van der Waals surface area contributed by atoms with Gasteiger partial charge < -0.3 is 8.85 Å². The van der Waals surface area contributed by atoms with Crippen molar-refractivity contribution < 1.29 is 8.85 Å². The lowest BCUT2D eigenvalue weighted by Crippen LogP contribution is -2.49. The van der Waals surface area contributed by atoms with E-state index in [1.807, 2.05) is 0 Å². The summed E-state index contributed by atoms with van der Waals surface area (Å²) in [5.74, 6) is 3.47. The lowest BCUT2D eigenvalue weighted by Gasteiger charge is -2.45. The predicted molar refractivity (Wildman–Crippen MR) is 199 cm³/mol. The summed E-state index contributed by atoms with van der Waals surface area (Å²) >= 11 is 0. The molecule has 0 heterocycles. The maximum atomic E-state index is 7.09. The van der Waals surface area contributed by atoms with Crippen molar-refractivity contribution in [2.75, 3.05) is 0 Å². The van der Waals surface area contributed by atoms with Gasteiger partial charge in [0.1, 0.15) is 0 Å². The third kappa shape index (κ3) is 8.42. The van der Waals surface area contributed by atoms with Gasteiger partial charge in [0.25, 0.3) is 0 Å². The molecule has 44 heavy (non-hydrogen) atoms. The standard InChI is InChI=1S/C40H72O2Si2/c1-28(2)29(3)19-20-30(4)35-23-24-36-32(18-17-25-40(35,36)12)21-22-33-26-34(41-43(13,14)38(6,7)8)27-37(31(33)5)42-44(15,16)39(9,10)11/h19-22,28-30,34-37H,5,17-18,23-27H2,1-4,6-16H3/b20-19+,32-21-,33-22+/t29-,30+,34+,35+,36+,37-,40+/m0/s1. The zero-order valence-corrected chi connectivity index (χ0v) is 33.8. The molecule has 3 aliphatic rings. The lowest BCUT2D eigenvalue weighted by atomic mass is 9.61. The summed E-state index contributed by atoms with van der Waals surface area (Å²) in [6, 6.07) is 0.